The molecule has 0 amide bonds. The van der Waals surface area contributed by atoms with Crippen LogP contribution < -0.4 is 0 Å². The molecule has 0 saturated carbocycles. The molecule has 0 aliphatic heterocycles. The molecule has 0 saturated heterocycles. The fourth-order valence-electron chi connectivity index (χ4n) is 2.25. The largest absolute Gasteiger partial charge is 0.458 e. The van der Waals surface area contributed by atoms with Crippen molar-refractivity contribution in [2.24, 2.45) is 0 Å². The number of hydrogen-bond donors (Lipinski definition) is 0. The topological polar surface area (TPSA) is 39.2 Å². The van der Waals surface area contributed by atoms with Crippen LogP contribution in [0, 0.1) is 0 Å². The van der Waals surface area contributed by atoms with Crippen molar-refractivity contribution in [3.05, 3.63) is 83.2 Å². The number of halogens is 1. The molecule has 0 unspecified atom stereocenters. The zero-order valence-electron chi connectivity index (χ0n) is 12.3. The van der Waals surface area contributed by atoms with Crippen LogP contribution in [0.5, 0.6) is 0 Å². The van der Waals surface area contributed by atoms with Crippen LogP contribution in [0.1, 0.15) is 11.1 Å². The molecule has 23 heavy (non-hydrogen) atoms. The number of carbonyl (C=O) groups excluding carboxylic acids is 1. The normalized spacial score (nSPS) is 11.0. The minimum absolute atomic E-state index is 0.170. The minimum atomic E-state index is -0.395. The van der Waals surface area contributed by atoms with Gasteiger partial charge in [-0.05, 0) is 28.5 Å². The summed E-state index contributed by atoms with van der Waals surface area (Å²) in [5.41, 5.74) is 1.77. The third-order valence-electron chi connectivity index (χ3n) is 3.39. The number of hydrogen-bond acceptors (Lipinski definition) is 3. The Morgan fingerprint density at radius 3 is 2.74 bits per heavy atom. The summed E-state index contributed by atoms with van der Waals surface area (Å²) in [6, 6.07) is 17.4. The quantitative estimate of drug-likeness (QED) is 0.399. The van der Waals surface area contributed by atoms with Gasteiger partial charge in [-0.2, -0.15) is 0 Å². The molecule has 4 heteroatoms. The van der Waals surface area contributed by atoms with Crippen molar-refractivity contribution in [2.75, 3.05) is 0 Å². The number of ether oxygens (including phenoxy) is 1. The van der Waals surface area contributed by atoms with Crippen LogP contribution in [-0.4, -0.2) is 11.0 Å². The second-order valence-electron chi connectivity index (χ2n) is 5.00. The predicted molar refractivity (Wildman–Crippen MR) is 92.0 cm³/mol. The second-order valence-corrected chi connectivity index (χ2v) is 5.39. The summed E-state index contributed by atoms with van der Waals surface area (Å²) < 4.78 is 5.19. The van der Waals surface area contributed by atoms with Gasteiger partial charge < -0.3 is 4.74 Å². The summed E-state index contributed by atoms with van der Waals surface area (Å²) in [6.45, 7) is 0.170. The lowest BCUT2D eigenvalue weighted by molar-refractivity contribution is -0.138. The molecule has 3 aromatic rings. The van der Waals surface area contributed by atoms with Gasteiger partial charge in [0.05, 0.1) is 0 Å². The molecule has 0 radical (unpaired) electrons. The number of carbonyl (C=O) groups is 1. The van der Waals surface area contributed by atoms with Crippen molar-refractivity contribution in [1.82, 2.24) is 4.98 Å². The van der Waals surface area contributed by atoms with Gasteiger partial charge in [0.25, 0.3) is 0 Å². The zero-order chi connectivity index (χ0) is 16.1. The first kappa shape index (κ1) is 15.3. The number of nitrogens with zero attached hydrogens (tertiary/aromatic N) is 1. The Morgan fingerprint density at radius 1 is 1.09 bits per heavy atom. The van der Waals surface area contributed by atoms with Crippen molar-refractivity contribution < 1.29 is 9.53 Å². The van der Waals surface area contributed by atoms with Gasteiger partial charge in [-0.3, -0.25) is 0 Å². The maximum Gasteiger partial charge on any atom is 0.331 e. The summed E-state index contributed by atoms with van der Waals surface area (Å²) in [4.78, 5) is 15.8. The van der Waals surface area contributed by atoms with E-state index in [1.807, 2.05) is 42.5 Å². The molecule has 0 aliphatic carbocycles. The van der Waals surface area contributed by atoms with Gasteiger partial charge in [-0.15, -0.1) is 0 Å². The Kier molecular flexibility index (Phi) is 4.69. The Bertz CT molecular complexity index is 851. The van der Waals surface area contributed by atoms with Gasteiger partial charge >= 0.3 is 5.97 Å². The van der Waals surface area contributed by atoms with E-state index >= 15 is 0 Å². The lowest BCUT2D eigenvalue weighted by atomic mass is 10.0. The van der Waals surface area contributed by atoms with E-state index in [0.717, 1.165) is 21.9 Å². The molecule has 3 nitrogen and oxygen atoms in total. The first-order chi connectivity index (χ1) is 11.2. The smallest absolute Gasteiger partial charge is 0.331 e. The summed E-state index contributed by atoms with van der Waals surface area (Å²) in [7, 11) is 0. The first-order valence-corrected chi connectivity index (χ1v) is 7.53. The maximum absolute atomic E-state index is 11.8. The lowest BCUT2D eigenvalue weighted by Gasteiger charge is -2.03. The third-order valence-corrected chi connectivity index (χ3v) is 3.62. The van der Waals surface area contributed by atoms with Crippen LogP contribution in [0.25, 0.3) is 16.8 Å². The van der Waals surface area contributed by atoms with E-state index in [1.165, 1.54) is 6.08 Å². The standard InChI is InChI=1S/C19H14ClNO2/c20-18-10-8-14(12-21-18)13-23-19(22)11-9-16-6-3-5-15-4-1-2-7-17(15)16/h1-12H,13H2/b11-9+. The minimum Gasteiger partial charge on any atom is -0.458 e. The molecule has 0 N–H and O–H groups in total. The van der Waals surface area contributed by atoms with Crippen LogP contribution in [0.4, 0.5) is 0 Å². The SMILES string of the molecule is O=C(/C=C/c1cccc2ccccc12)OCc1ccc(Cl)nc1. The molecular formula is C19H14ClNO2. The van der Waals surface area contributed by atoms with E-state index in [4.69, 9.17) is 16.3 Å². The van der Waals surface area contributed by atoms with Gasteiger partial charge in [0.2, 0.25) is 0 Å². The van der Waals surface area contributed by atoms with Gasteiger partial charge in [0.15, 0.2) is 0 Å². The van der Waals surface area contributed by atoms with Crippen LogP contribution >= 0.6 is 11.6 Å². The van der Waals surface area contributed by atoms with Gasteiger partial charge in [-0.1, -0.05) is 60.1 Å². The number of aromatic nitrogens is 1. The second kappa shape index (κ2) is 7.07. The van der Waals surface area contributed by atoms with Gasteiger partial charge in [-0.25, -0.2) is 9.78 Å². The Labute approximate surface area is 139 Å². The van der Waals surface area contributed by atoms with Gasteiger partial charge in [0, 0.05) is 17.8 Å². The molecule has 114 valence electrons. The van der Waals surface area contributed by atoms with Crippen LogP contribution in [-0.2, 0) is 16.1 Å². The fourth-order valence-corrected chi connectivity index (χ4v) is 2.36. The van der Waals surface area contributed by atoms with Crippen LogP contribution in [0.15, 0.2) is 66.9 Å². The van der Waals surface area contributed by atoms with E-state index in [9.17, 15) is 4.79 Å². The summed E-state index contributed by atoms with van der Waals surface area (Å²) in [5, 5.41) is 2.65. The summed E-state index contributed by atoms with van der Waals surface area (Å²) in [5.74, 6) is -0.395. The number of esters is 1. The van der Waals surface area contributed by atoms with Crippen molar-refractivity contribution in [3.8, 4) is 0 Å². The summed E-state index contributed by atoms with van der Waals surface area (Å²) >= 11 is 5.71. The first-order valence-electron chi connectivity index (χ1n) is 7.15. The molecule has 0 atom stereocenters. The highest BCUT2D eigenvalue weighted by Gasteiger charge is 2.01. The highest BCUT2D eigenvalue weighted by molar-refractivity contribution is 6.29. The molecule has 3 rings (SSSR count). The predicted octanol–water partition coefficient (Wildman–Crippen LogP) is 4.64. The molecular weight excluding hydrogens is 310 g/mol. The average molecular weight is 324 g/mol. The van der Waals surface area contributed by atoms with Crippen molar-refractivity contribution >= 4 is 34.4 Å². The van der Waals surface area contributed by atoms with Crippen molar-refractivity contribution in [1.29, 1.82) is 0 Å². The zero-order valence-corrected chi connectivity index (χ0v) is 13.0. The van der Waals surface area contributed by atoms with Crippen LogP contribution in [0.3, 0.4) is 0 Å². The van der Waals surface area contributed by atoms with Crippen molar-refractivity contribution in [3.63, 3.8) is 0 Å². The van der Waals surface area contributed by atoms with Crippen LogP contribution in [0.2, 0.25) is 5.15 Å². The van der Waals surface area contributed by atoms with Crippen molar-refractivity contribution in [2.45, 2.75) is 6.61 Å². The van der Waals surface area contributed by atoms with E-state index in [1.54, 1.807) is 24.4 Å². The third kappa shape index (κ3) is 3.96. The van der Waals surface area contributed by atoms with E-state index < -0.39 is 5.97 Å². The maximum atomic E-state index is 11.8. The number of fused-ring (bicyclic) bond motifs is 1. The summed E-state index contributed by atoms with van der Waals surface area (Å²) in [6.07, 6.45) is 4.79. The number of benzene rings is 2. The van der Waals surface area contributed by atoms with E-state index in [0.29, 0.717) is 5.15 Å². The average Bonchev–Trinajstić information content (AvgIpc) is 2.59. The Balaban J connectivity index is 1.67. The lowest BCUT2D eigenvalue weighted by Crippen LogP contribution is -2.01. The molecule has 1 heterocycles. The molecule has 0 aliphatic rings. The highest BCUT2D eigenvalue weighted by Crippen LogP contribution is 2.19. The molecule has 0 spiro atoms. The molecule has 0 bridgehead atoms. The van der Waals surface area contributed by atoms with E-state index in [-0.39, 0.29) is 6.61 Å². The Hall–Kier alpha value is -2.65. The fraction of sp³-hybridized carbons (Fsp3) is 0.0526. The highest BCUT2D eigenvalue weighted by atomic mass is 35.5. The number of rotatable bonds is 4. The number of pyridine rings is 1. The molecule has 2 aromatic carbocycles. The molecule has 1 aromatic heterocycles. The molecule has 0 fully saturated rings. The Morgan fingerprint density at radius 2 is 1.91 bits per heavy atom. The monoisotopic (exact) mass is 323 g/mol. The van der Waals surface area contributed by atoms with Gasteiger partial charge in [0.1, 0.15) is 11.8 Å². The van der Waals surface area contributed by atoms with E-state index in [2.05, 4.69) is 4.98 Å².